The number of amides is 2. The Balaban J connectivity index is 1.72. The average Bonchev–Trinajstić information content (AvgIpc) is 2.72. The molecule has 0 radical (unpaired) electrons. The fourth-order valence-electron chi connectivity index (χ4n) is 2.55. The van der Waals surface area contributed by atoms with Gasteiger partial charge in [0.05, 0.1) is 5.69 Å². The summed E-state index contributed by atoms with van der Waals surface area (Å²) >= 11 is 0. The van der Waals surface area contributed by atoms with Gasteiger partial charge in [0.25, 0.3) is 5.91 Å². The maximum absolute atomic E-state index is 13.3. The smallest absolute Gasteiger partial charge is 0.255 e. The molecule has 2 N–H and O–H groups in total. The van der Waals surface area contributed by atoms with Gasteiger partial charge in [0.1, 0.15) is 5.82 Å². The maximum atomic E-state index is 13.3. The quantitative estimate of drug-likeness (QED) is 0.641. The van der Waals surface area contributed by atoms with E-state index in [-0.39, 0.29) is 11.8 Å². The third-order valence-corrected chi connectivity index (χ3v) is 3.98. The Kier molecular flexibility index (Phi) is 5.91. The summed E-state index contributed by atoms with van der Waals surface area (Å²) in [5, 5.41) is 5.35. The number of hydrogen-bond donors (Lipinski definition) is 2. The summed E-state index contributed by atoms with van der Waals surface area (Å²) in [4.78, 5) is 28.0. The molecule has 2 aromatic carbocycles. The summed E-state index contributed by atoms with van der Waals surface area (Å²) in [5.41, 5.74) is 3.14. The molecule has 3 aromatic rings. The van der Waals surface area contributed by atoms with Crippen LogP contribution in [0, 0.1) is 5.82 Å². The van der Waals surface area contributed by atoms with E-state index in [0.717, 1.165) is 11.1 Å². The van der Waals surface area contributed by atoms with Crippen molar-refractivity contribution in [2.75, 3.05) is 5.32 Å². The number of aromatic nitrogens is 1. The van der Waals surface area contributed by atoms with Crippen LogP contribution in [0.5, 0.6) is 0 Å². The van der Waals surface area contributed by atoms with Gasteiger partial charge in [0.2, 0.25) is 5.91 Å². The van der Waals surface area contributed by atoms with E-state index in [1.807, 2.05) is 18.2 Å². The minimum absolute atomic E-state index is 0.249. The van der Waals surface area contributed by atoms with Crippen molar-refractivity contribution < 1.29 is 14.0 Å². The lowest BCUT2D eigenvalue weighted by Gasteiger charge is -2.08. The lowest BCUT2D eigenvalue weighted by molar-refractivity contribution is -0.116. The zero-order valence-electron chi connectivity index (χ0n) is 15.0. The molecule has 0 atom stereocenters. The Morgan fingerprint density at radius 2 is 1.89 bits per heavy atom. The SMILES string of the molecule is C=CC(=O)NCc1ccc(-c2cccc(C(=O)Nc3cccc(F)c3)c2)nc1. The number of carbonyl (C=O) groups excluding carboxylic acids is 2. The van der Waals surface area contributed by atoms with Crippen molar-refractivity contribution >= 4 is 17.5 Å². The van der Waals surface area contributed by atoms with E-state index in [1.54, 1.807) is 30.5 Å². The molecule has 0 saturated carbocycles. The molecule has 2 amide bonds. The molecule has 0 aliphatic rings. The molecule has 0 saturated heterocycles. The predicted molar refractivity (Wildman–Crippen MR) is 106 cm³/mol. The summed E-state index contributed by atoms with van der Waals surface area (Å²) < 4.78 is 13.3. The molecule has 0 bridgehead atoms. The highest BCUT2D eigenvalue weighted by molar-refractivity contribution is 6.04. The van der Waals surface area contributed by atoms with Crippen LogP contribution in [-0.4, -0.2) is 16.8 Å². The van der Waals surface area contributed by atoms with Crippen molar-refractivity contribution in [1.82, 2.24) is 10.3 Å². The van der Waals surface area contributed by atoms with E-state index in [2.05, 4.69) is 22.2 Å². The molecule has 0 fully saturated rings. The number of rotatable bonds is 6. The first kappa shape index (κ1) is 19.0. The normalized spacial score (nSPS) is 10.2. The molecule has 0 unspecified atom stereocenters. The number of hydrogen-bond acceptors (Lipinski definition) is 3. The van der Waals surface area contributed by atoms with Gasteiger partial charge in [0, 0.05) is 29.6 Å². The largest absolute Gasteiger partial charge is 0.348 e. The van der Waals surface area contributed by atoms with Gasteiger partial charge in [-0.2, -0.15) is 0 Å². The van der Waals surface area contributed by atoms with Gasteiger partial charge < -0.3 is 10.6 Å². The number of halogens is 1. The molecule has 0 spiro atoms. The van der Waals surface area contributed by atoms with Crippen molar-refractivity contribution in [1.29, 1.82) is 0 Å². The van der Waals surface area contributed by atoms with Crippen LogP contribution >= 0.6 is 0 Å². The molecule has 28 heavy (non-hydrogen) atoms. The number of anilines is 1. The summed E-state index contributed by atoms with van der Waals surface area (Å²) in [6.07, 6.45) is 2.88. The van der Waals surface area contributed by atoms with Gasteiger partial charge >= 0.3 is 0 Å². The summed E-state index contributed by atoms with van der Waals surface area (Å²) in [5.74, 6) is -1.00. The zero-order chi connectivity index (χ0) is 19.9. The van der Waals surface area contributed by atoms with Crippen molar-refractivity contribution in [2.45, 2.75) is 6.54 Å². The molecule has 1 aromatic heterocycles. The third-order valence-electron chi connectivity index (χ3n) is 3.98. The number of carbonyl (C=O) groups is 2. The van der Waals surface area contributed by atoms with Gasteiger partial charge in [-0.05, 0) is 48.0 Å². The van der Waals surface area contributed by atoms with Gasteiger partial charge in [0.15, 0.2) is 0 Å². The van der Waals surface area contributed by atoms with Crippen LogP contribution in [0.4, 0.5) is 10.1 Å². The molecular formula is C22H18FN3O2. The van der Waals surface area contributed by atoms with E-state index in [4.69, 9.17) is 0 Å². The van der Waals surface area contributed by atoms with E-state index in [0.29, 0.717) is 23.5 Å². The van der Waals surface area contributed by atoms with Gasteiger partial charge in [-0.1, -0.05) is 30.8 Å². The van der Waals surface area contributed by atoms with Crippen molar-refractivity contribution in [3.8, 4) is 11.3 Å². The number of benzene rings is 2. The first-order chi connectivity index (χ1) is 13.5. The van der Waals surface area contributed by atoms with Crippen LogP contribution in [0.25, 0.3) is 11.3 Å². The average molecular weight is 375 g/mol. The van der Waals surface area contributed by atoms with Gasteiger partial charge in [-0.3, -0.25) is 14.6 Å². The Hall–Kier alpha value is -3.80. The van der Waals surface area contributed by atoms with Crippen LogP contribution < -0.4 is 10.6 Å². The lowest BCUT2D eigenvalue weighted by Crippen LogP contribution is -2.19. The minimum Gasteiger partial charge on any atom is -0.348 e. The van der Waals surface area contributed by atoms with Crippen LogP contribution in [0.15, 0.2) is 79.5 Å². The van der Waals surface area contributed by atoms with E-state index < -0.39 is 5.82 Å². The first-order valence-corrected chi connectivity index (χ1v) is 8.58. The summed E-state index contributed by atoms with van der Waals surface area (Å²) in [6, 6.07) is 16.4. The third kappa shape index (κ3) is 4.88. The Morgan fingerprint density at radius 3 is 2.61 bits per heavy atom. The van der Waals surface area contributed by atoms with Crippen molar-refractivity contribution in [3.05, 3.63) is 96.5 Å². The summed E-state index contributed by atoms with van der Waals surface area (Å²) in [7, 11) is 0. The molecule has 140 valence electrons. The highest BCUT2D eigenvalue weighted by Gasteiger charge is 2.09. The fourth-order valence-corrected chi connectivity index (χ4v) is 2.55. The second kappa shape index (κ2) is 8.73. The number of pyridine rings is 1. The standard InChI is InChI=1S/C22H18FN3O2/c1-2-21(27)25-14-15-9-10-20(24-13-15)16-5-3-6-17(11-16)22(28)26-19-8-4-7-18(23)12-19/h2-13H,1,14H2,(H,25,27)(H,26,28). The number of nitrogens with zero attached hydrogens (tertiary/aromatic N) is 1. The molecule has 6 heteroatoms. The van der Waals surface area contributed by atoms with E-state index in [9.17, 15) is 14.0 Å². The van der Waals surface area contributed by atoms with Crippen LogP contribution in [0.1, 0.15) is 15.9 Å². The van der Waals surface area contributed by atoms with Crippen molar-refractivity contribution in [2.24, 2.45) is 0 Å². The Morgan fingerprint density at radius 1 is 1.07 bits per heavy atom. The Bertz CT molecular complexity index is 1020. The van der Waals surface area contributed by atoms with Crippen molar-refractivity contribution in [3.63, 3.8) is 0 Å². The van der Waals surface area contributed by atoms with E-state index in [1.165, 1.54) is 24.3 Å². The monoisotopic (exact) mass is 375 g/mol. The molecule has 1 heterocycles. The second-order valence-corrected chi connectivity index (χ2v) is 6.02. The molecule has 0 aliphatic heterocycles. The molecular weight excluding hydrogens is 357 g/mol. The molecule has 0 aliphatic carbocycles. The lowest BCUT2D eigenvalue weighted by atomic mass is 10.1. The maximum Gasteiger partial charge on any atom is 0.255 e. The van der Waals surface area contributed by atoms with Crippen LogP contribution in [0.3, 0.4) is 0 Å². The van der Waals surface area contributed by atoms with Crippen LogP contribution in [0.2, 0.25) is 0 Å². The van der Waals surface area contributed by atoms with Crippen LogP contribution in [-0.2, 0) is 11.3 Å². The van der Waals surface area contributed by atoms with E-state index >= 15 is 0 Å². The van der Waals surface area contributed by atoms with Gasteiger partial charge in [-0.25, -0.2) is 4.39 Å². The summed E-state index contributed by atoms with van der Waals surface area (Å²) in [6.45, 7) is 3.76. The Labute approximate surface area is 161 Å². The number of nitrogens with one attached hydrogen (secondary N) is 2. The van der Waals surface area contributed by atoms with Gasteiger partial charge in [-0.15, -0.1) is 0 Å². The highest BCUT2D eigenvalue weighted by atomic mass is 19.1. The minimum atomic E-state index is -0.417. The fraction of sp³-hybridized carbons (Fsp3) is 0.0455. The molecule has 3 rings (SSSR count). The highest BCUT2D eigenvalue weighted by Crippen LogP contribution is 2.20. The first-order valence-electron chi connectivity index (χ1n) is 8.58. The zero-order valence-corrected chi connectivity index (χ0v) is 15.0. The molecule has 5 nitrogen and oxygen atoms in total. The second-order valence-electron chi connectivity index (χ2n) is 6.02. The topological polar surface area (TPSA) is 71.1 Å². The predicted octanol–water partition coefficient (Wildman–Crippen LogP) is 3.94.